The van der Waals surface area contributed by atoms with Crippen LogP contribution in [0.3, 0.4) is 0 Å². The zero-order valence-corrected chi connectivity index (χ0v) is 17.6. The summed E-state index contributed by atoms with van der Waals surface area (Å²) < 4.78 is 5.90. The van der Waals surface area contributed by atoms with Crippen LogP contribution in [0, 0.1) is 0 Å². The number of aromatic amines is 1. The van der Waals surface area contributed by atoms with E-state index in [9.17, 15) is 4.79 Å². The van der Waals surface area contributed by atoms with Crippen molar-refractivity contribution >= 4 is 22.9 Å². The van der Waals surface area contributed by atoms with Gasteiger partial charge in [0.25, 0.3) is 0 Å². The molecule has 0 bridgehead atoms. The molecule has 3 heterocycles. The lowest BCUT2D eigenvalue weighted by molar-refractivity contribution is -0.113. The van der Waals surface area contributed by atoms with Crippen LogP contribution in [0.25, 0.3) is 17.0 Å². The lowest BCUT2D eigenvalue weighted by Crippen LogP contribution is -2.49. The van der Waals surface area contributed by atoms with E-state index in [1.807, 2.05) is 36.4 Å². The number of hydrogen-bond acceptors (Lipinski definition) is 4. The Kier molecular flexibility index (Phi) is 5.26. The van der Waals surface area contributed by atoms with Crippen molar-refractivity contribution in [3.63, 3.8) is 0 Å². The van der Waals surface area contributed by atoms with Gasteiger partial charge in [0, 0.05) is 48.9 Å². The van der Waals surface area contributed by atoms with Gasteiger partial charge in [0.1, 0.15) is 12.4 Å². The van der Waals surface area contributed by atoms with Crippen molar-refractivity contribution < 1.29 is 9.53 Å². The number of para-hydroxylation sites is 1. The van der Waals surface area contributed by atoms with Crippen molar-refractivity contribution in [2.45, 2.75) is 18.4 Å². The molecule has 1 saturated heterocycles. The van der Waals surface area contributed by atoms with Gasteiger partial charge in [-0.1, -0.05) is 24.3 Å². The van der Waals surface area contributed by atoms with E-state index < -0.39 is 5.91 Å². The second kappa shape index (κ2) is 8.21. The van der Waals surface area contributed by atoms with Gasteiger partial charge in [-0.05, 0) is 54.3 Å². The second-order valence-electron chi connectivity index (χ2n) is 8.47. The lowest BCUT2D eigenvalue weighted by Gasteiger charge is -2.35. The molecule has 1 fully saturated rings. The summed E-state index contributed by atoms with van der Waals surface area (Å²) >= 11 is 0. The maximum absolute atomic E-state index is 11.1. The van der Waals surface area contributed by atoms with Gasteiger partial charge < -0.3 is 20.8 Å². The molecule has 160 valence electrons. The van der Waals surface area contributed by atoms with Gasteiger partial charge in [-0.25, -0.2) is 0 Å². The number of ether oxygens (including phenoxy) is 1. The summed E-state index contributed by atoms with van der Waals surface area (Å²) in [5.41, 5.74) is 10.1. The molecule has 1 amide bonds. The monoisotopic (exact) mass is 416 g/mol. The van der Waals surface area contributed by atoms with Crippen molar-refractivity contribution in [3.05, 3.63) is 71.4 Å². The van der Waals surface area contributed by atoms with Gasteiger partial charge in [-0.2, -0.15) is 0 Å². The number of nitrogens with one attached hydrogen (secondary N) is 2. The Hall–Kier alpha value is -3.09. The van der Waals surface area contributed by atoms with Gasteiger partial charge in [0.2, 0.25) is 5.91 Å². The Labute approximate surface area is 182 Å². The summed E-state index contributed by atoms with van der Waals surface area (Å²) in [6.07, 6.45) is 5.27. The van der Waals surface area contributed by atoms with E-state index in [2.05, 4.69) is 27.3 Å². The largest absolute Gasteiger partial charge is 0.492 e. The number of carbonyl (C=O) groups is 1. The Morgan fingerprint density at radius 3 is 2.94 bits per heavy atom. The normalized spacial score (nSPS) is 21.2. The number of amides is 1. The Balaban J connectivity index is 1.33. The van der Waals surface area contributed by atoms with Gasteiger partial charge in [-0.15, -0.1) is 0 Å². The number of likely N-dealkylation sites (tertiary alicyclic amines) is 1. The molecule has 2 aromatic carbocycles. The molecule has 0 saturated carbocycles. The zero-order chi connectivity index (χ0) is 21.3. The van der Waals surface area contributed by atoms with Crippen LogP contribution in [0.1, 0.15) is 23.2 Å². The van der Waals surface area contributed by atoms with Crippen molar-refractivity contribution in [1.29, 1.82) is 0 Å². The summed E-state index contributed by atoms with van der Waals surface area (Å²) in [5, 5.41) is 5.06. The van der Waals surface area contributed by atoms with E-state index in [0.29, 0.717) is 6.61 Å². The van der Waals surface area contributed by atoms with Crippen molar-refractivity contribution in [2.24, 2.45) is 5.73 Å². The van der Waals surface area contributed by atoms with Gasteiger partial charge in [-0.3, -0.25) is 9.69 Å². The SMILES string of the molecule is NC(=O)C=Cc1ccc2[nH]c3c(c2c1)CCNC31CCN(CCOc2ccccc2)C1. The fourth-order valence-corrected chi connectivity index (χ4v) is 4.97. The van der Waals surface area contributed by atoms with Crippen LogP contribution >= 0.6 is 0 Å². The fourth-order valence-electron chi connectivity index (χ4n) is 4.97. The number of nitrogens with two attached hydrogens (primary N) is 1. The van der Waals surface area contributed by atoms with E-state index in [4.69, 9.17) is 10.5 Å². The van der Waals surface area contributed by atoms with Crippen molar-refractivity contribution in [2.75, 3.05) is 32.8 Å². The minimum Gasteiger partial charge on any atom is -0.492 e. The highest BCUT2D eigenvalue weighted by Gasteiger charge is 2.43. The quantitative estimate of drug-likeness (QED) is 0.540. The molecule has 5 rings (SSSR count). The third-order valence-electron chi connectivity index (χ3n) is 6.45. The van der Waals surface area contributed by atoms with Crippen molar-refractivity contribution in [1.82, 2.24) is 15.2 Å². The zero-order valence-electron chi connectivity index (χ0n) is 17.6. The standard InChI is InChI=1S/C25H28N4O2/c26-23(30)9-7-18-6-8-22-21(16-18)20-10-12-27-25(24(20)28-22)11-13-29(17-25)14-15-31-19-4-2-1-3-5-19/h1-9,16,27-28H,10-15,17H2,(H2,26,30). The summed E-state index contributed by atoms with van der Waals surface area (Å²) in [6.45, 7) is 4.59. The van der Waals surface area contributed by atoms with E-state index >= 15 is 0 Å². The molecule has 1 atom stereocenters. The number of fused-ring (bicyclic) bond motifs is 4. The topological polar surface area (TPSA) is 83.4 Å². The van der Waals surface area contributed by atoms with E-state index in [1.54, 1.807) is 6.08 Å². The minimum absolute atomic E-state index is 0.0391. The predicted molar refractivity (Wildman–Crippen MR) is 123 cm³/mol. The number of benzene rings is 2. The van der Waals surface area contributed by atoms with Crippen molar-refractivity contribution in [3.8, 4) is 5.75 Å². The average Bonchev–Trinajstić information content (AvgIpc) is 3.36. The van der Waals surface area contributed by atoms with Crippen LogP contribution in [-0.2, 0) is 16.8 Å². The summed E-state index contributed by atoms with van der Waals surface area (Å²) in [4.78, 5) is 17.3. The number of nitrogens with zero attached hydrogens (tertiary/aromatic N) is 1. The van der Waals surface area contributed by atoms with Crippen LogP contribution in [0.5, 0.6) is 5.75 Å². The first kappa shape index (κ1) is 19.8. The van der Waals surface area contributed by atoms with Crippen LogP contribution in [0.2, 0.25) is 0 Å². The molecule has 2 aliphatic heterocycles. The summed E-state index contributed by atoms with van der Waals surface area (Å²) in [6, 6.07) is 16.3. The smallest absolute Gasteiger partial charge is 0.241 e. The molecule has 1 unspecified atom stereocenters. The highest BCUT2D eigenvalue weighted by Crippen LogP contribution is 2.39. The van der Waals surface area contributed by atoms with E-state index in [0.717, 1.165) is 55.9 Å². The first-order valence-electron chi connectivity index (χ1n) is 10.9. The van der Waals surface area contributed by atoms with Crippen LogP contribution in [0.4, 0.5) is 0 Å². The molecule has 6 nitrogen and oxygen atoms in total. The maximum Gasteiger partial charge on any atom is 0.241 e. The maximum atomic E-state index is 11.1. The molecule has 1 aromatic heterocycles. The number of carbonyl (C=O) groups excluding carboxylic acids is 1. The first-order chi connectivity index (χ1) is 15.1. The molecule has 3 aromatic rings. The van der Waals surface area contributed by atoms with Gasteiger partial charge in [0.15, 0.2) is 0 Å². The number of rotatable bonds is 6. The third-order valence-corrected chi connectivity index (χ3v) is 6.45. The molecule has 1 spiro atoms. The number of H-pyrrole nitrogens is 1. The molecule has 6 heteroatoms. The van der Waals surface area contributed by atoms with Gasteiger partial charge >= 0.3 is 0 Å². The molecule has 2 aliphatic rings. The molecule has 0 radical (unpaired) electrons. The number of primary amides is 1. The Morgan fingerprint density at radius 1 is 1.23 bits per heavy atom. The number of aromatic nitrogens is 1. The van der Waals surface area contributed by atoms with Crippen LogP contribution in [0.15, 0.2) is 54.6 Å². The lowest BCUT2D eigenvalue weighted by atomic mass is 9.86. The van der Waals surface area contributed by atoms with E-state index in [-0.39, 0.29) is 5.54 Å². The summed E-state index contributed by atoms with van der Waals surface area (Å²) in [7, 11) is 0. The Bertz CT molecular complexity index is 1120. The fraction of sp³-hybridized carbons (Fsp3) is 0.320. The first-order valence-corrected chi connectivity index (χ1v) is 10.9. The molecule has 31 heavy (non-hydrogen) atoms. The molecular formula is C25H28N4O2. The number of hydrogen-bond donors (Lipinski definition) is 3. The summed E-state index contributed by atoms with van der Waals surface area (Å²) in [5.74, 6) is 0.493. The van der Waals surface area contributed by atoms with Crippen LogP contribution < -0.4 is 15.8 Å². The predicted octanol–water partition coefficient (Wildman–Crippen LogP) is 2.79. The second-order valence-corrected chi connectivity index (χ2v) is 8.47. The molecule has 0 aliphatic carbocycles. The van der Waals surface area contributed by atoms with Gasteiger partial charge in [0.05, 0.1) is 5.54 Å². The van der Waals surface area contributed by atoms with Crippen LogP contribution in [-0.4, -0.2) is 48.6 Å². The molecule has 4 N–H and O–H groups in total. The average molecular weight is 417 g/mol. The third kappa shape index (κ3) is 3.96. The Morgan fingerprint density at radius 2 is 2.10 bits per heavy atom. The minimum atomic E-state index is -0.429. The molecular weight excluding hydrogens is 388 g/mol. The highest BCUT2D eigenvalue weighted by atomic mass is 16.5. The van der Waals surface area contributed by atoms with E-state index in [1.165, 1.54) is 22.7 Å². The highest BCUT2D eigenvalue weighted by molar-refractivity contribution is 5.92.